The Morgan fingerprint density at radius 1 is 1.31 bits per heavy atom. The van der Waals surface area contributed by atoms with E-state index in [1.165, 1.54) is 0 Å². The average Bonchev–Trinajstić information content (AvgIpc) is 3.19. The van der Waals surface area contributed by atoms with Gasteiger partial charge in [-0.3, -0.25) is 24.3 Å². The number of fused-ring (bicyclic) bond motifs is 1. The minimum atomic E-state index is -0.313. The quantitative estimate of drug-likeness (QED) is 0.509. The zero-order valence-corrected chi connectivity index (χ0v) is 18.2. The molecule has 0 radical (unpaired) electrons. The van der Waals surface area contributed by atoms with Gasteiger partial charge in [0.15, 0.2) is 0 Å². The Labute approximate surface area is 185 Å². The second-order valence-electron chi connectivity index (χ2n) is 6.58. The molecule has 0 bridgehead atoms. The van der Waals surface area contributed by atoms with Crippen LogP contribution < -0.4 is 10.1 Å². The second kappa shape index (κ2) is 14.5. The van der Waals surface area contributed by atoms with E-state index in [1.807, 2.05) is 19.1 Å². The number of oxazole rings is 1. The van der Waals surface area contributed by atoms with Crippen LogP contribution in [-0.2, 0) is 33.8 Å². The Kier molecular flexibility index (Phi) is 12.0. The van der Waals surface area contributed by atoms with Crippen molar-refractivity contribution in [3.05, 3.63) is 41.4 Å². The highest BCUT2D eigenvalue weighted by molar-refractivity contribution is 5.89. The molecule has 2 aromatic rings. The van der Waals surface area contributed by atoms with Crippen molar-refractivity contribution in [1.82, 2.24) is 20.2 Å². The molecular weight excluding hydrogens is 424 g/mol. The first-order valence-electron chi connectivity index (χ1n) is 9.57. The van der Waals surface area contributed by atoms with Gasteiger partial charge in [-0.2, -0.15) is 0 Å². The van der Waals surface area contributed by atoms with E-state index in [1.54, 1.807) is 20.4 Å². The van der Waals surface area contributed by atoms with Gasteiger partial charge in [-0.1, -0.05) is 0 Å². The molecule has 1 unspecified atom stereocenters. The summed E-state index contributed by atoms with van der Waals surface area (Å²) in [5.74, 6) is 1.33. The highest BCUT2D eigenvalue weighted by Crippen LogP contribution is 2.21. The fraction of sp³-hybridized carbons (Fsp3) is 0.450. The summed E-state index contributed by atoms with van der Waals surface area (Å²) < 4.78 is 15.8. The number of amides is 1. The maximum absolute atomic E-state index is 12.2. The van der Waals surface area contributed by atoms with E-state index in [0.717, 1.165) is 35.9 Å². The zero-order valence-electron chi connectivity index (χ0n) is 18.2. The number of pyridine rings is 1. The van der Waals surface area contributed by atoms with Crippen LogP contribution in [0, 0.1) is 0 Å². The number of ether oxygens (including phenoxy) is 2. The number of nitrogens with one attached hydrogen (secondary N) is 1. The van der Waals surface area contributed by atoms with Gasteiger partial charge in [0, 0.05) is 39.2 Å². The molecule has 0 fully saturated rings. The van der Waals surface area contributed by atoms with E-state index in [-0.39, 0.29) is 30.8 Å². The van der Waals surface area contributed by atoms with Gasteiger partial charge in [0.1, 0.15) is 11.5 Å². The summed E-state index contributed by atoms with van der Waals surface area (Å²) in [6, 6.07) is 3.75. The normalized spacial score (nSPS) is 13.2. The average molecular weight is 452 g/mol. The van der Waals surface area contributed by atoms with Crippen molar-refractivity contribution in [3.8, 4) is 5.75 Å². The Bertz CT molecular complexity index is 835. The van der Waals surface area contributed by atoms with Crippen molar-refractivity contribution >= 4 is 18.9 Å². The number of aromatic nitrogens is 2. The van der Waals surface area contributed by atoms with Gasteiger partial charge in [0.05, 0.1) is 31.3 Å². The molecule has 0 saturated heterocycles. The Hall–Kier alpha value is -3.51. The zero-order chi connectivity index (χ0) is 23.9. The maximum Gasteiger partial charge on any atom is 0.307 e. The number of nitrogens with zero attached hydrogens (tertiary/aromatic N) is 3. The predicted octanol–water partition coefficient (Wildman–Crippen LogP) is 0.803. The predicted molar refractivity (Wildman–Crippen MR) is 111 cm³/mol. The van der Waals surface area contributed by atoms with E-state index in [2.05, 4.69) is 20.2 Å². The molecule has 12 nitrogen and oxygen atoms in total. The first-order valence-corrected chi connectivity index (χ1v) is 9.57. The van der Waals surface area contributed by atoms with Crippen LogP contribution in [0.2, 0.25) is 0 Å². The summed E-state index contributed by atoms with van der Waals surface area (Å²) in [5, 5.41) is 16.6. The van der Waals surface area contributed by atoms with Gasteiger partial charge >= 0.3 is 5.91 Å². The molecule has 1 atom stereocenters. The Morgan fingerprint density at radius 2 is 2.00 bits per heavy atom. The third-order valence-corrected chi connectivity index (χ3v) is 4.21. The van der Waals surface area contributed by atoms with Gasteiger partial charge < -0.3 is 29.4 Å². The van der Waals surface area contributed by atoms with Crippen LogP contribution in [0.15, 0.2) is 22.7 Å². The molecule has 0 aromatic carbocycles. The number of hydrogen-bond donors (Lipinski definition) is 3. The molecule has 176 valence electrons. The van der Waals surface area contributed by atoms with Crippen LogP contribution in [0.4, 0.5) is 0 Å². The highest BCUT2D eigenvalue weighted by atomic mass is 16.5. The Balaban J connectivity index is 0.000000769. The molecule has 3 N–H and O–H groups in total. The molecule has 1 aliphatic rings. The molecule has 2 aromatic heterocycles. The molecule has 1 amide bonds. The van der Waals surface area contributed by atoms with E-state index >= 15 is 0 Å². The summed E-state index contributed by atoms with van der Waals surface area (Å²) in [4.78, 5) is 40.0. The molecular formula is C20H28N4O8. The first-order chi connectivity index (χ1) is 15.4. The summed E-state index contributed by atoms with van der Waals surface area (Å²) in [6.45, 7) is 3.98. The van der Waals surface area contributed by atoms with E-state index in [9.17, 15) is 4.79 Å². The Morgan fingerprint density at radius 3 is 2.56 bits per heavy atom. The van der Waals surface area contributed by atoms with Gasteiger partial charge in [0.25, 0.3) is 18.8 Å². The number of carbonyl (C=O) groups is 3. The van der Waals surface area contributed by atoms with E-state index in [4.69, 9.17) is 33.7 Å². The number of rotatable bonds is 7. The number of methoxy groups -OCH3 is 2. The molecule has 0 spiro atoms. The molecule has 3 heterocycles. The van der Waals surface area contributed by atoms with Crippen molar-refractivity contribution in [2.45, 2.75) is 32.5 Å². The second-order valence-corrected chi connectivity index (χ2v) is 6.58. The standard InChI is InChI=1S/C18H24N4O4.2CH2O2/c1-12(11-24-2)20-17(23)18-21-15-10-22(7-6-16(15)26-18)9-13-4-5-14(25-3)8-19-13;2*2-1-3/h4-5,8,12H,6-7,9-11H2,1-3H3,(H,20,23);2*1H,(H,2,3). The van der Waals surface area contributed by atoms with Crippen LogP contribution >= 0.6 is 0 Å². The number of hydrogen-bond acceptors (Lipinski definition) is 9. The molecule has 32 heavy (non-hydrogen) atoms. The smallest absolute Gasteiger partial charge is 0.307 e. The van der Waals surface area contributed by atoms with Gasteiger partial charge in [-0.05, 0) is 19.1 Å². The van der Waals surface area contributed by atoms with Crippen LogP contribution in [-0.4, -0.2) is 77.3 Å². The van der Waals surface area contributed by atoms with Crippen molar-refractivity contribution in [3.63, 3.8) is 0 Å². The van der Waals surface area contributed by atoms with E-state index in [0.29, 0.717) is 19.7 Å². The molecule has 1 aliphatic heterocycles. The lowest BCUT2D eigenvalue weighted by molar-refractivity contribution is -0.123. The van der Waals surface area contributed by atoms with Crippen LogP contribution in [0.25, 0.3) is 0 Å². The molecule has 3 rings (SSSR count). The SMILES string of the molecule is COCC(C)NC(=O)c1nc2c(o1)CCN(Cc1ccc(OC)cn1)C2.O=CO.O=CO. The lowest BCUT2D eigenvalue weighted by Crippen LogP contribution is -2.35. The topological polar surface area (TPSA) is 164 Å². The monoisotopic (exact) mass is 452 g/mol. The fourth-order valence-electron chi connectivity index (χ4n) is 2.92. The lowest BCUT2D eigenvalue weighted by atomic mass is 10.1. The van der Waals surface area contributed by atoms with Crippen LogP contribution in [0.1, 0.15) is 34.8 Å². The van der Waals surface area contributed by atoms with Crippen LogP contribution in [0.3, 0.4) is 0 Å². The first kappa shape index (κ1) is 26.5. The largest absolute Gasteiger partial charge is 0.495 e. The van der Waals surface area contributed by atoms with Crippen molar-refractivity contribution in [2.75, 3.05) is 27.4 Å². The van der Waals surface area contributed by atoms with Crippen molar-refractivity contribution in [2.24, 2.45) is 0 Å². The van der Waals surface area contributed by atoms with Gasteiger partial charge in [-0.25, -0.2) is 4.98 Å². The third-order valence-electron chi connectivity index (χ3n) is 4.21. The van der Waals surface area contributed by atoms with Gasteiger partial charge in [-0.15, -0.1) is 0 Å². The summed E-state index contributed by atoms with van der Waals surface area (Å²) in [7, 11) is 3.22. The minimum Gasteiger partial charge on any atom is -0.495 e. The highest BCUT2D eigenvalue weighted by Gasteiger charge is 2.25. The molecule has 12 heteroatoms. The summed E-state index contributed by atoms with van der Waals surface area (Å²) in [5.41, 5.74) is 1.78. The van der Waals surface area contributed by atoms with Crippen LogP contribution in [0.5, 0.6) is 5.75 Å². The summed E-state index contributed by atoms with van der Waals surface area (Å²) >= 11 is 0. The summed E-state index contributed by atoms with van der Waals surface area (Å²) in [6.07, 6.45) is 2.43. The minimum absolute atomic E-state index is 0.103. The van der Waals surface area contributed by atoms with E-state index < -0.39 is 0 Å². The lowest BCUT2D eigenvalue weighted by Gasteiger charge is -2.24. The number of carboxylic acid groups (broad SMARTS) is 2. The van der Waals surface area contributed by atoms with Crippen molar-refractivity contribution in [1.29, 1.82) is 0 Å². The molecule has 0 saturated carbocycles. The fourth-order valence-corrected chi connectivity index (χ4v) is 2.92. The van der Waals surface area contributed by atoms with Gasteiger partial charge in [0.2, 0.25) is 0 Å². The molecule has 0 aliphatic carbocycles. The van der Waals surface area contributed by atoms with Crippen molar-refractivity contribution < 1.29 is 38.5 Å². The maximum atomic E-state index is 12.2. The third kappa shape index (κ3) is 8.70. The number of carbonyl (C=O) groups excluding carboxylic acids is 1.